The topological polar surface area (TPSA) is 63.4 Å². The molecule has 1 atom stereocenters. The normalized spacial score (nSPS) is 11.8. The molecule has 31 heavy (non-hydrogen) atoms. The minimum atomic E-state index is -0.151. The van der Waals surface area contributed by atoms with Gasteiger partial charge in [-0.25, -0.2) is 0 Å². The molecule has 1 amide bonds. The van der Waals surface area contributed by atoms with Crippen molar-refractivity contribution in [3.8, 4) is 11.5 Å². The van der Waals surface area contributed by atoms with Crippen LogP contribution in [0.3, 0.4) is 0 Å². The minimum absolute atomic E-state index is 0.0229. The van der Waals surface area contributed by atoms with E-state index in [1.54, 1.807) is 13.2 Å². The van der Waals surface area contributed by atoms with Gasteiger partial charge in [-0.15, -0.1) is 0 Å². The smallest absolute Gasteiger partial charge is 0.255 e. The third-order valence-electron chi connectivity index (χ3n) is 5.41. The van der Waals surface area contributed by atoms with Gasteiger partial charge in [-0.2, -0.15) is 0 Å². The predicted octanol–water partition coefficient (Wildman–Crippen LogP) is 5.14. The van der Waals surface area contributed by atoms with Crippen molar-refractivity contribution >= 4 is 16.8 Å². The summed E-state index contributed by atoms with van der Waals surface area (Å²) in [5.74, 6) is 1.22. The van der Waals surface area contributed by atoms with Crippen molar-refractivity contribution in [3.63, 3.8) is 0 Å². The molecule has 0 radical (unpaired) electrons. The van der Waals surface area contributed by atoms with E-state index in [2.05, 4.69) is 22.4 Å². The molecule has 3 aromatic carbocycles. The average Bonchev–Trinajstić information content (AvgIpc) is 3.24. The second kappa shape index (κ2) is 9.39. The maximum Gasteiger partial charge on any atom is 0.255 e. The Morgan fingerprint density at radius 3 is 2.52 bits per heavy atom. The molecule has 0 saturated carbocycles. The van der Waals surface area contributed by atoms with Crippen LogP contribution >= 0.6 is 0 Å². The zero-order valence-corrected chi connectivity index (χ0v) is 17.7. The highest BCUT2D eigenvalue weighted by Gasteiger charge is 2.20. The molecule has 0 aliphatic carbocycles. The number of rotatable bonds is 8. The summed E-state index contributed by atoms with van der Waals surface area (Å²) in [5, 5.41) is 4.26. The van der Waals surface area contributed by atoms with Crippen LogP contribution in [0.5, 0.6) is 11.5 Å². The Bertz CT molecular complexity index is 1160. The van der Waals surface area contributed by atoms with Crippen molar-refractivity contribution in [2.24, 2.45) is 0 Å². The molecular weight excluding hydrogens is 388 g/mol. The van der Waals surface area contributed by atoms with Crippen molar-refractivity contribution in [2.45, 2.75) is 12.8 Å². The fourth-order valence-corrected chi connectivity index (χ4v) is 3.85. The molecule has 5 nitrogen and oxygen atoms in total. The fraction of sp³-hybridized carbons (Fsp3) is 0.192. The number of carbonyl (C=O) groups is 1. The van der Waals surface area contributed by atoms with Gasteiger partial charge in [0.1, 0.15) is 11.5 Å². The molecule has 0 bridgehead atoms. The highest BCUT2D eigenvalue weighted by Crippen LogP contribution is 2.31. The first kappa shape index (κ1) is 20.5. The number of H-pyrrole nitrogens is 1. The van der Waals surface area contributed by atoms with E-state index in [-0.39, 0.29) is 11.8 Å². The summed E-state index contributed by atoms with van der Waals surface area (Å²) < 4.78 is 10.9. The Kier molecular flexibility index (Phi) is 6.22. The monoisotopic (exact) mass is 414 g/mol. The zero-order valence-electron chi connectivity index (χ0n) is 17.7. The van der Waals surface area contributed by atoms with Gasteiger partial charge in [0, 0.05) is 29.6 Å². The molecule has 1 aromatic heterocycles. The summed E-state index contributed by atoms with van der Waals surface area (Å²) in [7, 11) is 1.65. The summed E-state index contributed by atoms with van der Waals surface area (Å²) in [6.45, 7) is 2.87. The van der Waals surface area contributed by atoms with E-state index in [0.29, 0.717) is 24.5 Å². The summed E-state index contributed by atoms with van der Waals surface area (Å²) in [6.07, 6.45) is 2.03. The maximum atomic E-state index is 13.0. The first-order valence-corrected chi connectivity index (χ1v) is 10.4. The molecule has 4 aromatic rings. The number of hydrogen-bond acceptors (Lipinski definition) is 3. The first-order chi connectivity index (χ1) is 15.2. The molecule has 0 aliphatic rings. The number of benzene rings is 3. The Balaban J connectivity index is 1.64. The number of aromatic nitrogens is 1. The van der Waals surface area contributed by atoms with Crippen LogP contribution in [0, 0.1) is 0 Å². The summed E-state index contributed by atoms with van der Waals surface area (Å²) >= 11 is 0. The molecule has 1 heterocycles. The number of ether oxygens (including phenoxy) is 2. The number of fused-ring (bicyclic) bond motifs is 1. The number of nitrogens with one attached hydrogen (secondary N) is 2. The van der Waals surface area contributed by atoms with Crippen LogP contribution in [-0.2, 0) is 0 Å². The van der Waals surface area contributed by atoms with Crippen LogP contribution in [0.4, 0.5) is 0 Å². The van der Waals surface area contributed by atoms with Crippen LogP contribution in [-0.4, -0.2) is 31.2 Å². The third kappa shape index (κ3) is 4.40. The molecule has 2 N–H and O–H groups in total. The standard InChI is InChI=1S/C26H26N2O3/c1-3-31-25-11-7-5-9-21(25)26(29)28-16-22(18-12-14-19(30-2)15-13-18)23-17-27-24-10-6-4-8-20(23)24/h4-15,17,22,27H,3,16H2,1-2H3,(H,28,29)/t22-/m0/s1. The van der Waals surface area contributed by atoms with Gasteiger partial charge in [0.15, 0.2) is 0 Å². The van der Waals surface area contributed by atoms with Crippen LogP contribution in [0.2, 0.25) is 0 Å². The summed E-state index contributed by atoms with van der Waals surface area (Å²) in [4.78, 5) is 16.3. The lowest BCUT2D eigenvalue weighted by Gasteiger charge is -2.19. The van der Waals surface area contributed by atoms with Crippen molar-refractivity contribution in [1.82, 2.24) is 10.3 Å². The average molecular weight is 415 g/mol. The molecule has 0 unspecified atom stereocenters. The van der Waals surface area contributed by atoms with E-state index in [9.17, 15) is 4.79 Å². The number of methoxy groups -OCH3 is 1. The lowest BCUT2D eigenvalue weighted by atomic mass is 9.90. The molecule has 0 spiro atoms. The second-order valence-electron chi connectivity index (χ2n) is 7.25. The lowest BCUT2D eigenvalue weighted by molar-refractivity contribution is 0.0948. The Hall–Kier alpha value is -3.73. The quantitative estimate of drug-likeness (QED) is 0.420. The van der Waals surface area contributed by atoms with Crippen LogP contribution in [0.1, 0.15) is 34.3 Å². The summed E-state index contributed by atoms with van der Waals surface area (Å²) in [5.41, 5.74) is 3.85. The van der Waals surface area contributed by atoms with E-state index in [4.69, 9.17) is 9.47 Å². The number of carbonyl (C=O) groups excluding carboxylic acids is 1. The van der Waals surface area contributed by atoms with Gasteiger partial charge in [-0.05, 0) is 48.4 Å². The number of hydrogen-bond donors (Lipinski definition) is 2. The molecule has 0 aliphatic heterocycles. The Labute approximate surface area is 182 Å². The van der Waals surface area contributed by atoms with Gasteiger partial charge in [-0.1, -0.05) is 42.5 Å². The first-order valence-electron chi connectivity index (χ1n) is 10.4. The van der Waals surface area contributed by atoms with Crippen molar-refractivity contribution in [3.05, 3.63) is 95.7 Å². The minimum Gasteiger partial charge on any atom is -0.497 e. The van der Waals surface area contributed by atoms with Crippen molar-refractivity contribution in [2.75, 3.05) is 20.3 Å². The van der Waals surface area contributed by atoms with E-state index in [1.165, 1.54) is 0 Å². The van der Waals surface area contributed by atoms with Crippen molar-refractivity contribution in [1.29, 1.82) is 0 Å². The maximum absolute atomic E-state index is 13.0. The van der Waals surface area contributed by atoms with Crippen LogP contribution in [0.25, 0.3) is 10.9 Å². The van der Waals surface area contributed by atoms with Gasteiger partial charge < -0.3 is 19.8 Å². The van der Waals surface area contributed by atoms with Crippen LogP contribution in [0.15, 0.2) is 79.0 Å². The SMILES string of the molecule is CCOc1ccccc1C(=O)NC[C@@H](c1ccc(OC)cc1)c1c[nH]c2ccccc12. The van der Waals surface area contributed by atoms with Crippen molar-refractivity contribution < 1.29 is 14.3 Å². The predicted molar refractivity (Wildman–Crippen MR) is 123 cm³/mol. The third-order valence-corrected chi connectivity index (χ3v) is 5.41. The molecule has 4 rings (SSSR count). The van der Waals surface area contributed by atoms with Gasteiger partial charge in [0.05, 0.1) is 19.3 Å². The van der Waals surface area contributed by atoms with Gasteiger partial charge >= 0.3 is 0 Å². The largest absolute Gasteiger partial charge is 0.497 e. The Morgan fingerprint density at radius 2 is 1.74 bits per heavy atom. The Morgan fingerprint density at radius 1 is 1.00 bits per heavy atom. The zero-order chi connectivity index (χ0) is 21.6. The van der Waals surface area contributed by atoms with E-state index in [0.717, 1.165) is 27.8 Å². The molecule has 5 heteroatoms. The van der Waals surface area contributed by atoms with Gasteiger partial charge in [0.2, 0.25) is 0 Å². The number of aromatic amines is 1. The number of amides is 1. The fourth-order valence-electron chi connectivity index (χ4n) is 3.85. The highest BCUT2D eigenvalue weighted by atomic mass is 16.5. The van der Waals surface area contributed by atoms with Gasteiger partial charge in [-0.3, -0.25) is 4.79 Å². The second-order valence-corrected chi connectivity index (χ2v) is 7.25. The van der Waals surface area contributed by atoms with E-state index in [1.807, 2.05) is 67.7 Å². The highest BCUT2D eigenvalue weighted by molar-refractivity contribution is 5.97. The molecule has 0 saturated heterocycles. The van der Waals surface area contributed by atoms with Crippen LogP contribution < -0.4 is 14.8 Å². The summed E-state index contributed by atoms with van der Waals surface area (Å²) in [6, 6.07) is 23.5. The van der Waals surface area contributed by atoms with E-state index < -0.39 is 0 Å². The lowest BCUT2D eigenvalue weighted by Crippen LogP contribution is -2.29. The van der Waals surface area contributed by atoms with Gasteiger partial charge in [0.25, 0.3) is 5.91 Å². The number of para-hydroxylation sites is 2. The molecule has 158 valence electrons. The molecule has 0 fully saturated rings. The van der Waals surface area contributed by atoms with E-state index >= 15 is 0 Å². The molecular formula is C26H26N2O3.